The molecule has 0 bridgehead atoms. The summed E-state index contributed by atoms with van der Waals surface area (Å²) in [5.74, 6) is 0.554. The van der Waals surface area contributed by atoms with Crippen molar-refractivity contribution in [2.45, 2.75) is 32.9 Å². The highest BCUT2D eigenvalue weighted by molar-refractivity contribution is 9.10. The topological polar surface area (TPSA) is 35.5 Å². The van der Waals surface area contributed by atoms with Crippen molar-refractivity contribution in [1.82, 2.24) is 5.32 Å². The van der Waals surface area contributed by atoms with E-state index in [1.165, 1.54) is 11.3 Å². The van der Waals surface area contributed by atoms with Crippen molar-refractivity contribution >= 4 is 21.6 Å². The molecule has 19 heavy (non-hydrogen) atoms. The van der Waals surface area contributed by atoms with E-state index in [0.29, 0.717) is 5.92 Å². The molecule has 0 aromatic heterocycles. The largest absolute Gasteiger partial charge is 0.394 e. The third-order valence-corrected chi connectivity index (χ3v) is 4.61. The zero-order valence-electron chi connectivity index (χ0n) is 11.7. The number of nitrogens with one attached hydrogen (secondary N) is 1. The maximum Gasteiger partial charge on any atom is 0.0637 e. The Morgan fingerprint density at radius 1 is 1.47 bits per heavy atom. The van der Waals surface area contributed by atoms with Gasteiger partial charge in [0.1, 0.15) is 0 Å². The highest BCUT2D eigenvalue weighted by Crippen LogP contribution is 2.34. The first kappa shape index (κ1) is 14.8. The van der Waals surface area contributed by atoms with Crippen LogP contribution < -0.4 is 10.2 Å². The molecule has 0 saturated carbocycles. The average molecular weight is 327 g/mol. The van der Waals surface area contributed by atoms with Crippen molar-refractivity contribution in [3.8, 4) is 0 Å². The zero-order valence-corrected chi connectivity index (χ0v) is 13.3. The SMILES string of the molecule is CCNCc1ccc(N2CCC(C)C2CO)c(Br)c1. The van der Waals surface area contributed by atoms with Crippen molar-refractivity contribution < 1.29 is 5.11 Å². The molecule has 1 aliphatic rings. The molecule has 1 fully saturated rings. The second-order valence-electron chi connectivity index (χ2n) is 5.28. The van der Waals surface area contributed by atoms with Gasteiger partial charge in [-0.3, -0.25) is 0 Å². The quantitative estimate of drug-likeness (QED) is 0.873. The molecule has 2 unspecified atom stereocenters. The number of hydrogen-bond acceptors (Lipinski definition) is 3. The maximum absolute atomic E-state index is 9.56. The lowest BCUT2D eigenvalue weighted by Gasteiger charge is -2.28. The van der Waals surface area contributed by atoms with Gasteiger partial charge in [0.25, 0.3) is 0 Å². The third-order valence-electron chi connectivity index (χ3n) is 3.97. The van der Waals surface area contributed by atoms with Crippen molar-refractivity contribution in [2.24, 2.45) is 5.92 Å². The van der Waals surface area contributed by atoms with Crippen LogP contribution in [-0.2, 0) is 6.54 Å². The molecule has 1 aromatic rings. The third kappa shape index (κ3) is 3.30. The summed E-state index contributed by atoms with van der Waals surface area (Å²) in [6, 6.07) is 6.75. The lowest BCUT2D eigenvalue weighted by molar-refractivity contribution is 0.244. The standard InChI is InChI=1S/C15H23BrN2O/c1-3-17-9-12-4-5-14(13(16)8-12)18-7-6-11(2)15(18)10-19/h4-5,8,11,15,17,19H,3,6-7,9-10H2,1-2H3. The molecule has 2 atom stereocenters. The Labute approximate surface area is 124 Å². The molecule has 1 aromatic carbocycles. The van der Waals surface area contributed by atoms with Gasteiger partial charge < -0.3 is 15.3 Å². The van der Waals surface area contributed by atoms with E-state index in [4.69, 9.17) is 0 Å². The number of nitrogens with zero attached hydrogens (tertiary/aromatic N) is 1. The summed E-state index contributed by atoms with van der Waals surface area (Å²) in [7, 11) is 0. The van der Waals surface area contributed by atoms with Crippen LogP contribution in [0.2, 0.25) is 0 Å². The van der Waals surface area contributed by atoms with Gasteiger partial charge in [-0.15, -0.1) is 0 Å². The Morgan fingerprint density at radius 2 is 2.26 bits per heavy atom. The molecule has 0 spiro atoms. The second-order valence-corrected chi connectivity index (χ2v) is 6.13. The second kappa shape index (κ2) is 6.73. The van der Waals surface area contributed by atoms with E-state index in [1.807, 2.05) is 0 Å². The van der Waals surface area contributed by atoms with Gasteiger partial charge in [0.15, 0.2) is 0 Å². The Hall–Kier alpha value is -0.580. The summed E-state index contributed by atoms with van der Waals surface area (Å²) in [5, 5.41) is 12.9. The van der Waals surface area contributed by atoms with Crippen molar-refractivity contribution in [1.29, 1.82) is 0 Å². The van der Waals surface area contributed by atoms with E-state index in [2.05, 4.69) is 58.2 Å². The van der Waals surface area contributed by atoms with E-state index < -0.39 is 0 Å². The predicted molar refractivity (Wildman–Crippen MR) is 83.5 cm³/mol. The minimum Gasteiger partial charge on any atom is -0.394 e. The monoisotopic (exact) mass is 326 g/mol. The van der Waals surface area contributed by atoms with E-state index in [0.717, 1.165) is 30.5 Å². The normalized spacial score (nSPS) is 23.1. The van der Waals surface area contributed by atoms with Gasteiger partial charge >= 0.3 is 0 Å². The Bertz CT molecular complexity index is 425. The number of rotatable bonds is 5. The lowest BCUT2D eigenvalue weighted by atomic mass is 10.0. The first-order valence-corrected chi connectivity index (χ1v) is 7.83. The van der Waals surface area contributed by atoms with Crippen LogP contribution in [0.4, 0.5) is 5.69 Å². The van der Waals surface area contributed by atoms with Crippen LogP contribution in [0.15, 0.2) is 22.7 Å². The van der Waals surface area contributed by atoms with Gasteiger partial charge in [-0.25, -0.2) is 0 Å². The molecule has 1 heterocycles. The first-order chi connectivity index (χ1) is 9.17. The molecule has 4 heteroatoms. The number of benzene rings is 1. The minimum absolute atomic E-state index is 0.229. The van der Waals surface area contributed by atoms with E-state index >= 15 is 0 Å². The highest BCUT2D eigenvalue weighted by Gasteiger charge is 2.31. The molecule has 3 nitrogen and oxygen atoms in total. The van der Waals surface area contributed by atoms with Crippen molar-refractivity contribution in [3.63, 3.8) is 0 Å². The highest BCUT2D eigenvalue weighted by atomic mass is 79.9. The summed E-state index contributed by atoms with van der Waals surface area (Å²) >= 11 is 3.67. The predicted octanol–water partition coefficient (Wildman–Crippen LogP) is 2.77. The number of hydrogen-bond donors (Lipinski definition) is 2. The minimum atomic E-state index is 0.229. The first-order valence-electron chi connectivity index (χ1n) is 7.04. The van der Waals surface area contributed by atoms with Crippen LogP contribution in [0.1, 0.15) is 25.8 Å². The van der Waals surface area contributed by atoms with Gasteiger partial charge in [-0.1, -0.05) is 19.9 Å². The summed E-state index contributed by atoms with van der Waals surface area (Å²) in [5.41, 5.74) is 2.48. The molecule has 1 saturated heterocycles. The van der Waals surface area contributed by atoms with Crippen LogP contribution >= 0.6 is 15.9 Å². The van der Waals surface area contributed by atoms with Gasteiger partial charge in [-0.05, 0) is 52.5 Å². The van der Waals surface area contributed by atoms with Gasteiger partial charge in [-0.2, -0.15) is 0 Å². The fourth-order valence-corrected chi connectivity index (χ4v) is 3.40. The Morgan fingerprint density at radius 3 is 2.89 bits per heavy atom. The van der Waals surface area contributed by atoms with Crippen molar-refractivity contribution in [2.75, 3.05) is 24.6 Å². The fourth-order valence-electron chi connectivity index (χ4n) is 2.75. The summed E-state index contributed by atoms with van der Waals surface area (Å²) in [4.78, 5) is 2.33. The van der Waals surface area contributed by atoms with Crippen molar-refractivity contribution in [3.05, 3.63) is 28.2 Å². The Kier molecular flexibility index (Phi) is 5.25. The molecule has 106 valence electrons. The molecule has 0 amide bonds. The number of halogens is 1. The van der Waals surface area contributed by atoms with Crippen LogP contribution in [-0.4, -0.2) is 30.8 Å². The van der Waals surface area contributed by atoms with E-state index in [1.54, 1.807) is 0 Å². The smallest absolute Gasteiger partial charge is 0.0637 e. The fraction of sp³-hybridized carbons (Fsp3) is 0.600. The van der Waals surface area contributed by atoms with Gasteiger partial charge in [0.2, 0.25) is 0 Å². The number of anilines is 1. The van der Waals surface area contributed by atoms with Crippen LogP contribution in [0, 0.1) is 5.92 Å². The lowest BCUT2D eigenvalue weighted by Crippen LogP contribution is -2.35. The number of aliphatic hydroxyl groups is 1. The molecule has 2 N–H and O–H groups in total. The number of aliphatic hydroxyl groups excluding tert-OH is 1. The maximum atomic E-state index is 9.56. The molecular formula is C15H23BrN2O. The molecule has 2 rings (SSSR count). The average Bonchev–Trinajstić information content (AvgIpc) is 2.77. The van der Waals surface area contributed by atoms with Gasteiger partial charge in [0, 0.05) is 17.6 Å². The molecular weight excluding hydrogens is 304 g/mol. The summed E-state index contributed by atoms with van der Waals surface area (Å²) in [6.07, 6.45) is 1.15. The molecule has 0 aliphatic carbocycles. The van der Waals surface area contributed by atoms with Crippen LogP contribution in [0.5, 0.6) is 0 Å². The zero-order chi connectivity index (χ0) is 13.8. The molecule has 1 aliphatic heterocycles. The van der Waals surface area contributed by atoms with E-state index in [9.17, 15) is 5.11 Å². The van der Waals surface area contributed by atoms with Crippen LogP contribution in [0.25, 0.3) is 0 Å². The van der Waals surface area contributed by atoms with Crippen LogP contribution in [0.3, 0.4) is 0 Å². The Balaban J connectivity index is 2.16. The van der Waals surface area contributed by atoms with E-state index in [-0.39, 0.29) is 12.6 Å². The summed E-state index contributed by atoms with van der Waals surface area (Å²) < 4.78 is 1.12. The summed E-state index contributed by atoms with van der Waals surface area (Å²) in [6.45, 7) is 7.46. The van der Waals surface area contributed by atoms with Gasteiger partial charge in [0.05, 0.1) is 18.3 Å². The molecule has 0 radical (unpaired) electrons.